The second kappa shape index (κ2) is 10.6. The van der Waals surface area contributed by atoms with Gasteiger partial charge in [0.1, 0.15) is 18.2 Å². The number of hydrogen-bond donors (Lipinski definition) is 2. The van der Waals surface area contributed by atoms with Gasteiger partial charge in [0.25, 0.3) is 5.91 Å². The number of hydrogen-bond acceptors (Lipinski definition) is 6. The molecule has 0 spiro atoms. The molecule has 2 N–H and O–H groups in total. The normalized spacial score (nSPS) is 20.7. The highest BCUT2D eigenvalue weighted by Gasteiger charge is 2.44. The summed E-state index contributed by atoms with van der Waals surface area (Å²) in [5.41, 5.74) is 2.78. The van der Waals surface area contributed by atoms with Crippen LogP contribution in [-0.2, 0) is 25.8 Å². The summed E-state index contributed by atoms with van der Waals surface area (Å²) in [6.45, 7) is 6.34. The molecule has 0 aliphatic carbocycles. The first-order chi connectivity index (χ1) is 15.2. The Kier molecular flexibility index (Phi) is 7.92. The van der Waals surface area contributed by atoms with Gasteiger partial charge in [-0.3, -0.25) is 14.5 Å². The summed E-state index contributed by atoms with van der Waals surface area (Å²) in [4.78, 5) is 49.8. The second-order valence-electron chi connectivity index (χ2n) is 8.84. The monoisotopic (exact) mass is 448 g/mol. The van der Waals surface area contributed by atoms with Crippen LogP contribution in [0.4, 0.5) is 9.59 Å². The van der Waals surface area contributed by atoms with Crippen LogP contribution in [0.25, 0.3) is 0 Å². The highest BCUT2D eigenvalue weighted by Crippen LogP contribution is 2.29. The number of ether oxygens (including phenoxy) is 1. The molecule has 2 bridgehead atoms. The van der Waals surface area contributed by atoms with E-state index in [2.05, 4.69) is 10.8 Å². The number of rotatable bonds is 8. The zero-order valence-electron chi connectivity index (χ0n) is 18.8. The van der Waals surface area contributed by atoms with Gasteiger partial charge in [0.15, 0.2) is 0 Å². The van der Waals surface area contributed by atoms with Crippen molar-refractivity contribution >= 4 is 18.0 Å². The van der Waals surface area contributed by atoms with Gasteiger partial charge in [-0.15, -0.1) is 0 Å². The lowest BCUT2D eigenvalue weighted by Gasteiger charge is -2.38. The van der Waals surface area contributed by atoms with Crippen LogP contribution in [0.3, 0.4) is 0 Å². The zero-order valence-corrected chi connectivity index (χ0v) is 18.8. The SMILES string of the molecule is CC(C)(C)OC(=O)NCCONC(=O)[C@@H]1CC[C@@H]2CCN1C(=O)N2OCc1ccccc1. The van der Waals surface area contributed by atoms with Gasteiger partial charge in [-0.05, 0) is 45.6 Å². The Bertz CT molecular complexity index is 797. The van der Waals surface area contributed by atoms with Crippen molar-refractivity contribution in [1.29, 1.82) is 0 Å². The number of urea groups is 1. The van der Waals surface area contributed by atoms with Gasteiger partial charge < -0.3 is 15.0 Å². The third-order valence-corrected chi connectivity index (χ3v) is 5.18. The van der Waals surface area contributed by atoms with E-state index < -0.39 is 17.7 Å². The molecule has 10 nitrogen and oxygen atoms in total. The number of amides is 4. The van der Waals surface area contributed by atoms with Gasteiger partial charge in [-0.25, -0.2) is 15.1 Å². The third kappa shape index (κ3) is 6.57. The van der Waals surface area contributed by atoms with Gasteiger partial charge in [0.05, 0.1) is 12.6 Å². The summed E-state index contributed by atoms with van der Waals surface area (Å²) in [5.74, 6) is -0.388. The number of nitrogens with one attached hydrogen (secondary N) is 2. The summed E-state index contributed by atoms with van der Waals surface area (Å²) < 4.78 is 5.12. The molecule has 3 aliphatic heterocycles. The van der Waals surface area contributed by atoms with E-state index in [0.29, 0.717) is 26.0 Å². The maximum atomic E-state index is 13.0. The van der Waals surface area contributed by atoms with E-state index in [1.54, 1.807) is 20.8 Å². The lowest BCUT2D eigenvalue weighted by molar-refractivity contribution is -0.171. The lowest BCUT2D eigenvalue weighted by atomic mass is 10.1. The Morgan fingerprint density at radius 2 is 1.88 bits per heavy atom. The molecule has 3 heterocycles. The Labute approximate surface area is 188 Å². The van der Waals surface area contributed by atoms with Crippen LogP contribution in [-0.4, -0.2) is 65.4 Å². The standard InChI is InChI=1S/C22H32N4O6/c1-22(2,3)32-20(28)23-12-14-30-24-19(27)18-10-9-17-11-13-25(18)21(29)26(17)31-15-16-7-5-4-6-8-16/h4-8,17-18H,9-15H2,1-3H3,(H,23,28)(H,24,27)/t17-,18+/m1/s1. The first kappa shape index (κ1) is 23.8. The molecule has 0 radical (unpaired) electrons. The minimum Gasteiger partial charge on any atom is -0.444 e. The van der Waals surface area contributed by atoms with Crippen LogP contribution >= 0.6 is 0 Å². The van der Waals surface area contributed by atoms with Crippen molar-refractivity contribution in [3.8, 4) is 0 Å². The van der Waals surface area contributed by atoms with Crippen molar-refractivity contribution < 1.29 is 28.8 Å². The van der Waals surface area contributed by atoms with Gasteiger partial charge in [-0.1, -0.05) is 30.3 Å². The molecule has 2 atom stereocenters. The molecule has 0 unspecified atom stereocenters. The smallest absolute Gasteiger partial charge is 0.407 e. The van der Waals surface area contributed by atoms with E-state index in [9.17, 15) is 14.4 Å². The van der Waals surface area contributed by atoms with E-state index in [4.69, 9.17) is 14.4 Å². The molecule has 1 aromatic carbocycles. The number of carbonyl (C=O) groups is 3. The Morgan fingerprint density at radius 1 is 1.12 bits per heavy atom. The van der Waals surface area contributed by atoms with Crippen molar-refractivity contribution in [3.05, 3.63) is 35.9 Å². The minimum atomic E-state index is -0.628. The molecule has 0 aromatic heterocycles. The Morgan fingerprint density at radius 3 is 2.59 bits per heavy atom. The molecule has 3 aliphatic rings. The number of hydroxylamine groups is 3. The van der Waals surface area contributed by atoms with Gasteiger partial charge in [0.2, 0.25) is 0 Å². The number of alkyl carbamates (subject to hydrolysis) is 1. The number of benzene rings is 1. The van der Waals surface area contributed by atoms with Crippen LogP contribution in [0.15, 0.2) is 30.3 Å². The number of nitrogens with zero attached hydrogens (tertiary/aromatic N) is 2. The Balaban J connectivity index is 1.44. The van der Waals surface area contributed by atoms with E-state index in [0.717, 1.165) is 12.0 Å². The zero-order chi connectivity index (χ0) is 23.1. The summed E-state index contributed by atoms with van der Waals surface area (Å²) in [6.07, 6.45) is 1.37. The van der Waals surface area contributed by atoms with Crippen LogP contribution in [0.2, 0.25) is 0 Å². The van der Waals surface area contributed by atoms with E-state index in [1.807, 2.05) is 30.3 Å². The average molecular weight is 449 g/mol. The van der Waals surface area contributed by atoms with Gasteiger partial charge in [0, 0.05) is 13.1 Å². The average Bonchev–Trinajstić information content (AvgIpc) is 3.02. The fourth-order valence-corrected chi connectivity index (χ4v) is 3.70. The van der Waals surface area contributed by atoms with Gasteiger partial charge in [-0.2, -0.15) is 5.06 Å². The molecule has 4 amide bonds. The second-order valence-corrected chi connectivity index (χ2v) is 8.84. The first-order valence-electron chi connectivity index (χ1n) is 10.9. The number of fused-ring (bicyclic) bond motifs is 4. The number of carbonyl (C=O) groups excluding carboxylic acids is 3. The molecule has 1 aromatic rings. The quantitative estimate of drug-likeness (QED) is 0.467. The fourth-order valence-electron chi connectivity index (χ4n) is 3.70. The van der Waals surface area contributed by atoms with Crippen molar-refractivity contribution in [2.24, 2.45) is 0 Å². The molecular formula is C22H32N4O6. The Hall–Kier alpha value is -2.85. The summed E-state index contributed by atoms with van der Waals surface area (Å²) in [5, 5.41) is 3.96. The maximum absolute atomic E-state index is 13.0. The van der Waals surface area contributed by atoms with E-state index in [1.165, 1.54) is 9.96 Å². The van der Waals surface area contributed by atoms with Crippen LogP contribution in [0.1, 0.15) is 45.6 Å². The van der Waals surface area contributed by atoms with Crippen molar-refractivity contribution in [2.45, 2.75) is 64.3 Å². The van der Waals surface area contributed by atoms with Crippen molar-refractivity contribution in [1.82, 2.24) is 20.8 Å². The molecule has 3 saturated heterocycles. The van der Waals surface area contributed by atoms with Crippen LogP contribution < -0.4 is 10.8 Å². The first-order valence-corrected chi connectivity index (χ1v) is 10.9. The third-order valence-electron chi connectivity index (χ3n) is 5.18. The predicted octanol–water partition coefficient (Wildman–Crippen LogP) is 2.35. The molecule has 176 valence electrons. The van der Waals surface area contributed by atoms with Crippen LogP contribution in [0, 0.1) is 0 Å². The summed E-state index contributed by atoms with van der Waals surface area (Å²) in [7, 11) is 0. The molecule has 10 heteroatoms. The summed E-state index contributed by atoms with van der Waals surface area (Å²) in [6, 6.07) is 8.65. The minimum absolute atomic E-state index is 0.0563. The lowest BCUT2D eigenvalue weighted by Crippen LogP contribution is -2.56. The highest BCUT2D eigenvalue weighted by atomic mass is 16.7. The molecular weight excluding hydrogens is 416 g/mol. The van der Waals surface area contributed by atoms with Crippen molar-refractivity contribution in [2.75, 3.05) is 19.7 Å². The molecule has 32 heavy (non-hydrogen) atoms. The van der Waals surface area contributed by atoms with Gasteiger partial charge >= 0.3 is 12.1 Å². The van der Waals surface area contributed by atoms with E-state index in [-0.39, 0.29) is 31.1 Å². The largest absolute Gasteiger partial charge is 0.444 e. The maximum Gasteiger partial charge on any atom is 0.407 e. The molecule has 4 rings (SSSR count). The molecule has 3 fully saturated rings. The van der Waals surface area contributed by atoms with Crippen molar-refractivity contribution in [3.63, 3.8) is 0 Å². The fraction of sp³-hybridized carbons (Fsp3) is 0.591. The molecule has 0 saturated carbocycles. The topological polar surface area (TPSA) is 109 Å². The van der Waals surface area contributed by atoms with E-state index >= 15 is 0 Å². The highest BCUT2D eigenvalue weighted by molar-refractivity contribution is 5.87. The predicted molar refractivity (Wildman–Crippen MR) is 115 cm³/mol. The van der Waals surface area contributed by atoms with Crippen LogP contribution in [0.5, 0.6) is 0 Å². The summed E-state index contributed by atoms with van der Waals surface area (Å²) >= 11 is 0.